The number of hydrogen-bond donors (Lipinski definition) is 3. The molecule has 1 heterocycles. The molecular weight excluding hydrogens is 484 g/mol. The van der Waals surface area contributed by atoms with Crippen molar-refractivity contribution in [2.45, 2.75) is 20.0 Å². The minimum atomic E-state index is -1.12. The van der Waals surface area contributed by atoms with Crippen LogP contribution in [0.5, 0.6) is 5.75 Å². The largest absolute Gasteiger partial charge is 0.478 e. The minimum Gasteiger partial charge on any atom is -0.478 e. The van der Waals surface area contributed by atoms with Crippen LogP contribution in [0, 0.1) is 18.6 Å². The van der Waals surface area contributed by atoms with Crippen molar-refractivity contribution in [2.75, 3.05) is 12.4 Å². The van der Waals surface area contributed by atoms with Crippen LogP contribution in [-0.2, 0) is 9.53 Å². The summed E-state index contributed by atoms with van der Waals surface area (Å²) in [6, 6.07) is 12.1. The zero-order valence-electron chi connectivity index (χ0n) is 18.4. The normalized spacial score (nSPS) is 11.3. The van der Waals surface area contributed by atoms with Gasteiger partial charge in [0.15, 0.2) is 22.8 Å². The van der Waals surface area contributed by atoms with Crippen LogP contribution in [0.25, 0.3) is 11.1 Å². The Hall–Kier alpha value is -3.57. The van der Waals surface area contributed by atoms with E-state index in [-0.39, 0.29) is 10.9 Å². The van der Waals surface area contributed by atoms with Crippen molar-refractivity contribution in [2.24, 2.45) is 0 Å². The molecule has 2 aromatic carbocycles. The summed E-state index contributed by atoms with van der Waals surface area (Å²) in [5, 5.41) is 3.33. The van der Waals surface area contributed by atoms with Gasteiger partial charge in [-0.05, 0) is 43.8 Å². The number of methoxy groups -OCH3 is 1. The van der Waals surface area contributed by atoms with Crippen molar-refractivity contribution < 1.29 is 27.8 Å². The number of benzene rings is 2. The Balaban J connectivity index is 1.67. The molecule has 1 unspecified atom stereocenters. The van der Waals surface area contributed by atoms with E-state index in [1.165, 1.54) is 25.4 Å². The molecule has 0 aliphatic heterocycles. The topological polar surface area (TPSA) is 88.7 Å². The maximum atomic E-state index is 13.7. The van der Waals surface area contributed by atoms with Gasteiger partial charge in [-0.2, -0.15) is 0 Å². The lowest BCUT2D eigenvalue weighted by Gasteiger charge is -2.17. The van der Waals surface area contributed by atoms with E-state index >= 15 is 0 Å². The van der Waals surface area contributed by atoms with E-state index in [0.717, 1.165) is 28.1 Å². The maximum Gasteiger partial charge on any atom is 0.341 e. The molecule has 1 atom stereocenters. The van der Waals surface area contributed by atoms with Gasteiger partial charge in [-0.15, -0.1) is 11.3 Å². The number of thiocarbonyl (C=S) groups is 1. The summed E-state index contributed by atoms with van der Waals surface area (Å²) in [6.45, 7) is 3.26. The Morgan fingerprint density at radius 2 is 1.79 bits per heavy atom. The standard InChI is InChI=1S/C23H21F2N3O4S2/c1-12(32-17-10-9-15(24)11-16(17)25)20(29)27-28-23(33)26-21-19(22(30)31-3)18(13(2)34-21)14-7-5-4-6-8-14/h4-12H,1-3H3,(H,27,29)(H2,26,28,33). The number of ether oxygens (including phenoxy) is 2. The molecule has 11 heteroatoms. The highest BCUT2D eigenvalue weighted by molar-refractivity contribution is 7.80. The van der Waals surface area contributed by atoms with E-state index in [0.29, 0.717) is 16.6 Å². The number of hydrogen-bond acceptors (Lipinski definition) is 6. The van der Waals surface area contributed by atoms with Gasteiger partial charge in [-0.25, -0.2) is 13.6 Å². The third-order valence-electron chi connectivity index (χ3n) is 4.63. The van der Waals surface area contributed by atoms with Crippen molar-refractivity contribution in [3.63, 3.8) is 0 Å². The van der Waals surface area contributed by atoms with Crippen LogP contribution in [-0.4, -0.2) is 30.2 Å². The molecule has 0 aliphatic carbocycles. The fourth-order valence-corrected chi connectivity index (χ4v) is 4.34. The smallest absolute Gasteiger partial charge is 0.341 e. The van der Waals surface area contributed by atoms with E-state index in [1.54, 1.807) is 0 Å². The highest BCUT2D eigenvalue weighted by Crippen LogP contribution is 2.40. The molecule has 178 valence electrons. The number of thiophene rings is 1. The van der Waals surface area contributed by atoms with Crippen molar-refractivity contribution in [1.29, 1.82) is 0 Å². The molecule has 0 spiro atoms. The first kappa shape index (κ1) is 25.1. The number of amides is 1. The SMILES string of the molecule is COC(=O)c1c(NC(=S)NNC(=O)C(C)Oc2ccc(F)cc2F)sc(C)c1-c1ccccc1. The van der Waals surface area contributed by atoms with Gasteiger partial charge in [0.2, 0.25) is 0 Å². The summed E-state index contributed by atoms with van der Waals surface area (Å²) in [4.78, 5) is 25.7. The van der Waals surface area contributed by atoms with Crippen molar-refractivity contribution in [3.8, 4) is 16.9 Å². The first-order valence-electron chi connectivity index (χ1n) is 9.97. The number of nitrogens with one attached hydrogen (secondary N) is 3. The molecule has 34 heavy (non-hydrogen) atoms. The third kappa shape index (κ3) is 5.86. The van der Waals surface area contributed by atoms with Crippen LogP contribution in [0.15, 0.2) is 48.5 Å². The van der Waals surface area contributed by atoms with Gasteiger partial charge >= 0.3 is 5.97 Å². The van der Waals surface area contributed by atoms with E-state index in [2.05, 4.69) is 16.2 Å². The van der Waals surface area contributed by atoms with Crippen LogP contribution in [0.4, 0.5) is 13.8 Å². The average Bonchev–Trinajstić information content (AvgIpc) is 3.14. The van der Waals surface area contributed by atoms with Crippen molar-refractivity contribution in [3.05, 3.63) is 70.6 Å². The van der Waals surface area contributed by atoms with Gasteiger partial charge in [-0.3, -0.25) is 15.6 Å². The first-order valence-corrected chi connectivity index (χ1v) is 11.2. The molecule has 0 aliphatic rings. The lowest BCUT2D eigenvalue weighted by molar-refractivity contribution is -0.127. The molecule has 1 amide bonds. The second-order valence-corrected chi connectivity index (χ2v) is 8.63. The van der Waals surface area contributed by atoms with Gasteiger partial charge in [0.1, 0.15) is 16.4 Å². The number of halogens is 2. The van der Waals surface area contributed by atoms with Gasteiger partial charge < -0.3 is 14.8 Å². The lowest BCUT2D eigenvalue weighted by atomic mass is 10.0. The summed E-state index contributed by atoms with van der Waals surface area (Å²) in [6.07, 6.45) is -1.12. The summed E-state index contributed by atoms with van der Waals surface area (Å²) in [5.74, 6) is -3.16. The van der Waals surface area contributed by atoms with Crippen LogP contribution < -0.4 is 20.9 Å². The van der Waals surface area contributed by atoms with E-state index in [9.17, 15) is 18.4 Å². The molecule has 0 saturated heterocycles. The fourth-order valence-electron chi connectivity index (χ4n) is 3.05. The number of esters is 1. The van der Waals surface area contributed by atoms with E-state index in [4.69, 9.17) is 21.7 Å². The van der Waals surface area contributed by atoms with Crippen molar-refractivity contribution in [1.82, 2.24) is 10.9 Å². The number of hydrazine groups is 1. The first-order chi connectivity index (χ1) is 16.2. The summed E-state index contributed by atoms with van der Waals surface area (Å²) in [7, 11) is 1.29. The summed E-state index contributed by atoms with van der Waals surface area (Å²) >= 11 is 6.54. The number of carbonyl (C=O) groups excluding carboxylic acids is 2. The van der Waals surface area contributed by atoms with Gasteiger partial charge in [0.25, 0.3) is 5.91 Å². The Bertz CT molecular complexity index is 1220. The van der Waals surface area contributed by atoms with Crippen LogP contribution in [0.3, 0.4) is 0 Å². The molecule has 7 nitrogen and oxygen atoms in total. The number of aryl methyl sites for hydroxylation is 1. The Morgan fingerprint density at radius 3 is 2.44 bits per heavy atom. The second kappa shape index (κ2) is 11.0. The highest BCUT2D eigenvalue weighted by Gasteiger charge is 2.25. The molecule has 3 rings (SSSR count). The summed E-state index contributed by atoms with van der Waals surface area (Å²) < 4.78 is 37.0. The molecule has 0 saturated carbocycles. The quantitative estimate of drug-likeness (QED) is 0.257. The van der Waals surface area contributed by atoms with Gasteiger partial charge in [0.05, 0.1) is 7.11 Å². The molecule has 3 aromatic rings. The second-order valence-electron chi connectivity index (χ2n) is 7.00. The Kier molecular flexibility index (Phi) is 8.13. The lowest BCUT2D eigenvalue weighted by Crippen LogP contribution is -2.48. The number of carbonyl (C=O) groups is 2. The maximum absolute atomic E-state index is 13.7. The summed E-state index contributed by atoms with van der Waals surface area (Å²) in [5.41, 5.74) is 6.74. The zero-order chi connectivity index (χ0) is 24.8. The predicted molar refractivity (Wildman–Crippen MR) is 130 cm³/mol. The average molecular weight is 506 g/mol. The molecule has 0 bridgehead atoms. The molecule has 1 aromatic heterocycles. The molecular formula is C23H21F2N3O4S2. The molecule has 3 N–H and O–H groups in total. The molecule has 0 fully saturated rings. The third-order valence-corrected chi connectivity index (χ3v) is 5.85. The van der Waals surface area contributed by atoms with Crippen LogP contribution in [0.2, 0.25) is 0 Å². The van der Waals surface area contributed by atoms with Crippen LogP contribution >= 0.6 is 23.6 Å². The zero-order valence-corrected chi connectivity index (χ0v) is 20.0. The van der Waals surface area contributed by atoms with Gasteiger partial charge in [0, 0.05) is 16.5 Å². The van der Waals surface area contributed by atoms with Crippen LogP contribution in [0.1, 0.15) is 22.2 Å². The van der Waals surface area contributed by atoms with E-state index in [1.807, 2.05) is 37.3 Å². The Morgan fingerprint density at radius 1 is 1.09 bits per heavy atom. The predicted octanol–water partition coefficient (Wildman–Crippen LogP) is 4.57. The number of rotatable bonds is 6. The Labute approximate surface area is 204 Å². The van der Waals surface area contributed by atoms with E-state index < -0.39 is 29.6 Å². The molecule has 0 radical (unpaired) electrons. The number of anilines is 1. The fraction of sp³-hybridized carbons (Fsp3) is 0.174. The van der Waals surface area contributed by atoms with Crippen molar-refractivity contribution >= 4 is 45.5 Å². The highest BCUT2D eigenvalue weighted by atomic mass is 32.1. The minimum absolute atomic E-state index is 0.000438. The van der Waals surface area contributed by atoms with Gasteiger partial charge in [-0.1, -0.05) is 30.3 Å². The monoisotopic (exact) mass is 505 g/mol.